The molecule has 0 saturated carbocycles. The number of halogens is 1. The molecule has 1 N–H and O–H groups in total. The molecule has 20 heavy (non-hydrogen) atoms. The van der Waals surface area contributed by atoms with Crippen molar-refractivity contribution in [3.63, 3.8) is 0 Å². The van der Waals surface area contributed by atoms with E-state index in [4.69, 9.17) is 9.47 Å². The molecule has 114 valence electrons. The fraction of sp³-hybridized carbons (Fsp3) is 0.625. The van der Waals surface area contributed by atoms with Crippen molar-refractivity contribution < 1.29 is 13.9 Å². The third-order valence-electron chi connectivity index (χ3n) is 2.79. The van der Waals surface area contributed by atoms with E-state index in [9.17, 15) is 4.39 Å². The number of hydrogen-bond acceptors (Lipinski definition) is 3. The fourth-order valence-corrected chi connectivity index (χ4v) is 1.76. The van der Waals surface area contributed by atoms with Crippen molar-refractivity contribution in [1.82, 2.24) is 5.32 Å². The van der Waals surface area contributed by atoms with Crippen molar-refractivity contribution in [3.05, 3.63) is 23.8 Å². The van der Waals surface area contributed by atoms with Crippen LogP contribution in [0.4, 0.5) is 4.39 Å². The first-order valence-electron chi connectivity index (χ1n) is 7.47. The first-order valence-corrected chi connectivity index (χ1v) is 7.47. The average Bonchev–Trinajstić information content (AvgIpc) is 2.47. The van der Waals surface area contributed by atoms with Crippen LogP contribution in [-0.2, 0) is 6.54 Å². The van der Waals surface area contributed by atoms with Gasteiger partial charge in [-0.05, 0) is 25.5 Å². The Bertz CT molecular complexity index is 371. The van der Waals surface area contributed by atoms with Crippen molar-refractivity contribution in [2.24, 2.45) is 0 Å². The average molecular weight is 283 g/mol. The molecule has 0 aliphatic heterocycles. The number of benzene rings is 1. The van der Waals surface area contributed by atoms with E-state index in [1.165, 1.54) is 0 Å². The maximum absolute atomic E-state index is 12.2. The Morgan fingerprint density at radius 2 is 1.95 bits per heavy atom. The predicted octanol–water partition coefficient (Wildman–Crippen LogP) is 3.71. The summed E-state index contributed by atoms with van der Waals surface area (Å²) in [5, 5.41) is 3.35. The minimum Gasteiger partial charge on any atom is -0.493 e. The Morgan fingerprint density at radius 3 is 2.65 bits per heavy atom. The van der Waals surface area contributed by atoms with Crippen molar-refractivity contribution in [3.8, 4) is 11.5 Å². The summed E-state index contributed by atoms with van der Waals surface area (Å²) < 4.78 is 23.5. The molecule has 0 unspecified atom stereocenters. The van der Waals surface area contributed by atoms with E-state index < -0.39 is 0 Å². The van der Waals surface area contributed by atoms with Gasteiger partial charge in [0.25, 0.3) is 0 Å². The molecule has 1 aromatic carbocycles. The zero-order valence-electron chi connectivity index (χ0n) is 12.6. The zero-order chi connectivity index (χ0) is 14.6. The summed E-state index contributed by atoms with van der Waals surface area (Å²) in [5.74, 6) is 1.59. The maximum Gasteiger partial charge on any atom is 0.127 e. The quantitative estimate of drug-likeness (QED) is 0.628. The topological polar surface area (TPSA) is 30.5 Å². The van der Waals surface area contributed by atoms with Gasteiger partial charge >= 0.3 is 0 Å². The Balaban J connectivity index is 2.68. The smallest absolute Gasteiger partial charge is 0.127 e. The van der Waals surface area contributed by atoms with Gasteiger partial charge in [0.2, 0.25) is 0 Å². The van der Waals surface area contributed by atoms with E-state index in [-0.39, 0.29) is 6.67 Å². The largest absolute Gasteiger partial charge is 0.493 e. The fourth-order valence-electron chi connectivity index (χ4n) is 1.76. The minimum absolute atomic E-state index is 0.352. The van der Waals surface area contributed by atoms with Gasteiger partial charge in [0.1, 0.15) is 11.5 Å². The molecule has 0 aliphatic rings. The number of ether oxygens (including phenoxy) is 2. The molecule has 4 heteroatoms. The van der Waals surface area contributed by atoms with Crippen LogP contribution in [0.3, 0.4) is 0 Å². The molecule has 0 spiro atoms. The molecule has 0 radical (unpaired) electrons. The lowest BCUT2D eigenvalue weighted by atomic mass is 10.2. The van der Waals surface area contributed by atoms with E-state index in [0.29, 0.717) is 19.6 Å². The van der Waals surface area contributed by atoms with Gasteiger partial charge in [-0.25, -0.2) is 0 Å². The highest BCUT2D eigenvalue weighted by Crippen LogP contribution is 2.25. The number of alkyl halides is 1. The van der Waals surface area contributed by atoms with Crippen LogP contribution in [-0.4, -0.2) is 26.4 Å². The van der Waals surface area contributed by atoms with Crippen molar-refractivity contribution >= 4 is 0 Å². The van der Waals surface area contributed by atoms with Gasteiger partial charge in [0.15, 0.2) is 0 Å². The Kier molecular flexibility index (Phi) is 8.79. The van der Waals surface area contributed by atoms with Gasteiger partial charge in [-0.3, -0.25) is 4.39 Å². The molecule has 0 fully saturated rings. The molecule has 0 heterocycles. The van der Waals surface area contributed by atoms with Crippen molar-refractivity contribution in [1.29, 1.82) is 0 Å². The summed E-state index contributed by atoms with van der Waals surface area (Å²) in [6.07, 6.45) is 2.48. The van der Waals surface area contributed by atoms with Gasteiger partial charge in [0, 0.05) is 24.6 Å². The SMILES string of the molecule is CCCNCc1ccc(OCCC)cc1OCCCF. The Labute approximate surface area is 121 Å². The second-order valence-corrected chi connectivity index (χ2v) is 4.69. The lowest BCUT2D eigenvalue weighted by Crippen LogP contribution is -2.15. The molecule has 0 aliphatic carbocycles. The van der Waals surface area contributed by atoms with Gasteiger partial charge < -0.3 is 14.8 Å². The summed E-state index contributed by atoms with van der Waals surface area (Å²) in [4.78, 5) is 0. The number of nitrogens with one attached hydrogen (secondary N) is 1. The van der Waals surface area contributed by atoms with Crippen LogP contribution in [0.25, 0.3) is 0 Å². The summed E-state index contributed by atoms with van der Waals surface area (Å²) >= 11 is 0. The van der Waals surface area contributed by atoms with Crippen LogP contribution in [0.2, 0.25) is 0 Å². The molecule has 3 nitrogen and oxygen atoms in total. The third kappa shape index (κ3) is 6.24. The lowest BCUT2D eigenvalue weighted by Gasteiger charge is -2.14. The minimum atomic E-state index is -0.352. The molecule has 1 aromatic rings. The first-order chi connectivity index (χ1) is 9.81. The van der Waals surface area contributed by atoms with Crippen LogP contribution in [0.1, 0.15) is 38.7 Å². The van der Waals surface area contributed by atoms with Gasteiger partial charge in [-0.15, -0.1) is 0 Å². The van der Waals surface area contributed by atoms with Crippen molar-refractivity contribution in [2.45, 2.75) is 39.7 Å². The molecular weight excluding hydrogens is 257 g/mol. The van der Waals surface area contributed by atoms with Crippen LogP contribution in [0, 0.1) is 0 Å². The van der Waals surface area contributed by atoms with Crippen molar-refractivity contribution in [2.75, 3.05) is 26.4 Å². The standard InChI is InChI=1S/C16H26FNO2/c1-3-9-18-13-14-6-7-15(19-10-4-2)12-16(14)20-11-5-8-17/h6-7,12,18H,3-5,8-11,13H2,1-2H3. The molecule has 0 atom stereocenters. The van der Waals surface area contributed by atoms with Gasteiger partial charge in [-0.1, -0.05) is 19.9 Å². The number of hydrogen-bond donors (Lipinski definition) is 1. The molecule has 0 saturated heterocycles. The van der Waals surface area contributed by atoms with Gasteiger partial charge in [0.05, 0.1) is 19.9 Å². The van der Waals surface area contributed by atoms with E-state index in [1.54, 1.807) is 0 Å². The van der Waals surface area contributed by atoms with E-state index >= 15 is 0 Å². The maximum atomic E-state index is 12.2. The summed E-state index contributed by atoms with van der Waals surface area (Å²) in [7, 11) is 0. The monoisotopic (exact) mass is 283 g/mol. The summed E-state index contributed by atoms with van der Waals surface area (Å²) in [6.45, 7) is 6.67. The number of rotatable bonds is 11. The summed E-state index contributed by atoms with van der Waals surface area (Å²) in [6, 6.07) is 5.87. The first kappa shape index (κ1) is 16.8. The molecule has 0 amide bonds. The van der Waals surface area contributed by atoms with Crippen LogP contribution < -0.4 is 14.8 Å². The predicted molar refractivity (Wildman–Crippen MR) is 80.3 cm³/mol. The van der Waals surface area contributed by atoms with E-state index in [0.717, 1.165) is 43.0 Å². The highest BCUT2D eigenvalue weighted by atomic mass is 19.1. The van der Waals surface area contributed by atoms with Crippen LogP contribution in [0.15, 0.2) is 18.2 Å². The van der Waals surface area contributed by atoms with E-state index in [2.05, 4.69) is 19.2 Å². The van der Waals surface area contributed by atoms with Crippen LogP contribution >= 0.6 is 0 Å². The molecule has 0 bridgehead atoms. The lowest BCUT2D eigenvalue weighted by molar-refractivity contribution is 0.281. The summed E-state index contributed by atoms with van der Waals surface area (Å²) in [5.41, 5.74) is 1.08. The zero-order valence-corrected chi connectivity index (χ0v) is 12.6. The van der Waals surface area contributed by atoms with Gasteiger partial charge in [-0.2, -0.15) is 0 Å². The third-order valence-corrected chi connectivity index (χ3v) is 2.79. The van der Waals surface area contributed by atoms with Crippen LogP contribution in [0.5, 0.6) is 11.5 Å². The Hall–Kier alpha value is -1.29. The highest BCUT2D eigenvalue weighted by molar-refractivity contribution is 5.40. The highest BCUT2D eigenvalue weighted by Gasteiger charge is 2.06. The Morgan fingerprint density at radius 1 is 1.10 bits per heavy atom. The molecule has 0 aromatic heterocycles. The molecule has 1 rings (SSSR count). The second kappa shape index (κ2) is 10.5. The normalized spacial score (nSPS) is 10.6. The van der Waals surface area contributed by atoms with E-state index in [1.807, 2.05) is 18.2 Å². The second-order valence-electron chi connectivity index (χ2n) is 4.69. The molecular formula is C16H26FNO2.